The van der Waals surface area contributed by atoms with E-state index < -0.39 is 7.49 Å². The standard InChI is InChI=1S/C23H19O2P/c1-26(19-11-4-2-5-12-19,20-13-6-3-7-14-20)25-23-21-15-9-8-10-18(21)16-17-22(23)24/h2-17H,1H3/p+1. The van der Waals surface area contributed by atoms with Crippen molar-refractivity contribution >= 4 is 28.9 Å². The summed E-state index contributed by atoms with van der Waals surface area (Å²) in [7, 11) is -2.19. The summed E-state index contributed by atoms with van der Waals surface area (Å²) < 4.78 is 6.68. The molecular weight excluding hydrogens is 339 g/mol. The van der Waals surface area contributed by atoms with Gasteiger partial charge in [-0.3, -0.25) is 0 Å². The molecule has 0 saturated heterocycles. The molecule has 0 radical (unpaired) electrons. The summed E-state index contributed by atoms with van der Waals surface area (Å²) in [6.07, 6.45) is 0. The Morgan fingerprint density at radius 3 is 1.81 bits per heavy atom. The number of hydrogen-bond donors (Lipinski definition) is 1. The lowest BCUT2D eigenvalue weighted by Crippen LogP contribution is -2.25. The van der Waals surface area contributed by atoms with Gasteiger partial charge in [-0.05, 0) is 35.7 Å². The van der Waals surface area contributed by atoms with Crippen LogP contribution in [0.3, 0.4) is 0 Å². The molecular formula is C23H20O2P+. The van der Waals surface area contributed by atoms with E-state index in [9.17, 15) is 5.11 Å². The molecule has 0 aliphatic rings. The maximum Gasteiger partial charge on any atom is 0.252 e. The Kier molecular flexibility index (Phi) is 4.36. The summed E-state index contributed by atoms with van der Waals surface area (Å²) in [6.45, 7) is 2.15. The van der Waals surface area contributed by atoms with Crippen molar-refractivity contribution in [3.63, 3.8) is 0 Å². The average molecular weight is 359 g/mol. The molecule has 0 saturated carbocycles. The third-order valence-electron chi connectivity index (χ3n) is 4.63. The van der Waals surface area contributed by atoms with Gasteiger partial charge in [-0.1, -0.05) is 66.7 Å². The van der Waals surface area contributed by atoms with Crippen molar-refractivity contribution in [2.24, 2.45) is 0 Å². The smallest absolute Gasteiger partial charge is 0.252 e. The van der Waals surface area contributed by atoms with Gasteiger partial charge in [0.1, 0.15) is 10.6 Å². The number of hydrogen-bond acceptors (Lipinski definition) is 2. The first kappa shape index (κ1) is 16.6. The van der Waals surface area contributed by atoms with Gasteiger partial charge in [0.25, 0.3) is 7.49 Å². The summed E-state index contributed by atoms with van der Waals surface area (Å²) in [5, 5.41) is 14.8. The quantitative estimate of drug-likeness (QED) is 0.512. The third-order valence-corrected chi connectivity index (χ3v) is 7.75. The van der Waals surface area contributed by atoms with Crippen LogP contribution < -0.4 is 15.1 Å². The van der Waals surface area contributed by atoms with Crippen molar-refractivity contribution in [1.29, 1.82) is 0 Å². The van der Waals surface area contributed by atoms with Crippen LogP contribution in [-0.2, 0) is 0 Å². The highest BCUT2D eigenvalue weighted by atomic mass is 31.2. The van der Waals surface area contributed by atoms with Crippen molar-refractivity contribution in [2.45, 2.75) is 0 Å². The molecule has 0 aromatic heterocycles. The Labute approximate surface area is 154 Å². The normalized spacial score (nSPS) is 11.4. The second-order valence-corrected chi connectivity index (χ2v) is 9.39. The molecule has 0 atom stereocenters. The van der Waals surface area contributed by atoms with Gasteiger partial charge in [-0.25, -0.2) is 0 Å². The minimum Gasteiger partial charge on any atom is -0.504 e. The van der Waals surface area contributed by atoms with Crippen LogP contribution in [0.25, 0.3) is 10.8 Å². The zero-order chi connectivity index (χ0) is 18.0. The first-order valence-electron chi connectivity index (χ1n) is 8.56. The molecule has 0 amide bonds. The Balaban J connectivity index is 1.91. The molecule has 4 aromatic rings. The van der Waals surface area contributed by atoms with Gasteiger partial charge in [-0.2, -0.15) is 0 Å². The first-order valence-corrected chi connectivity index (χ1v) is 10.7. The number of phenolic OH excluding ortho intramolecular Hbond substituents is 1. The molecule has 0 fully saturated rings. The molecule has 1 N–H and O–H groups in total. The number of phenols is 1. The topological polar surface area (TPSA) is 29.5 Å². The molecule has 128 valence electrons. The number of aromatic hydroxyl groups is 1. The van der Waals surface area contributed by atoms with Crippen molar-refractivity contribution in [3.05, 3.63) is 97.1 Å². The fourth-order valence-electron chi connectivity index (χ4n) is 3.19. The van der Waals surface area contributed by atoms with E-state index >= 15 is 0 Å². The van der Waals surface area contributed by atoms with Crippen LogP contribution in [0.2, 0.25) is 0 Å². The summed E-state index contributed by atoms with van der Waals surface area (Å²) in [5.74, 6) is 0.716. The van der Waals surface area contributed by atoms with E-state index in [2.05, 4.69) is 30.9 Å². The van der Waals surface area contributed by atoms with E-state index in [0.29, 0.717) is 5.75 Å². The van der Waals surface area contributed by atoms with Crippen LogP contribution >= 0.6 is 7.49 Å². The molecule has 0 bridgehead atoms. The van der Waals surface area contributed by atoms with Crippen molar-refractivity contribution in [1.82, 2.24) is 0 Å². The van der Waals surface area contributed by atoms with E-state index in [4.69, 9.17) is 4.52 Å². The zero-order valence-electron chi connectivity index (χ0n) is 14.5. The van der Waals surface area contributed by atoms with Crippen molar-refractivity contribution in [3.8, 4) is 11.5 Å². The van der Waals surface area contributed by atoms with Crippen LogP contribution in [-0.4, -0.2) is 11.8 Å². The van der Waals surface area contributed by atoms with E-state index in [1.165, 1.54) is 0 Å². The Hall–Kier alpha value is -2.83. The van der Waals surface area contributed by atoms with Gasteiger partial charge in [-0.15, -0.1) is 0 Å². The average Bonchev–Trinajstić information content (AvgIpc) is 2.71. The van der Waals surface area contributed by atoms with Crippen LogP contribution in [0.1, 0.15) is 0 Å². The lowest BCUT2D eigenvalue weighted by atomic mass is 10.1. The molecule has 4 rings (SSSR count). The largest absolute Gasteiger partial charge is 0.504 e. The number of rotatable bonds is 4. The molecule has 2 nitrogen and oxygen atoms in total. The lowest BCUT2D eigenvalue weighted by molar-refractivity contribution is 0.449. The molecule has 0 spiro atoms. The van der Waals surface area contributed by atoms with Crippen LogP contribution in [0.4, 0.5) is 0 Å². The number of fused-ring (bicyclic) bond motifs is 1. The van der Waals surface area contributed by atoms with E-state index in [-0.39, 0.29) is 5.75 Å². The van der Waals surface area contributed by atoms with Gasteiger partial charge in [0.15, 0.2) is 5.75 Å². The first-order chi connectivity index (χ1) is 12.7. The second kappa shape index (κ2) is 6.82. The summed E-state index contributed by atoms with van der Waals surface area (Å²) in [5.41, 5.74) is 0. The van der Waals surface area contributed by atoms with E-state index in [0.717, 1.165) is 21.4 Å². The monoisotopic (exact) mass is 359 g/mol. The third kappa shape index (κ3) is 2.94. The fraction of sp³-hybridized carbons (Fsp3) is 0.0435. The minimum atomic E-state index is -2.19. The Bertz CT molecular complexity index is 990. The van der Waals surface area contributed by atoms with E-state index in [1.54, 1.807) is 6.07 Å². The zero-order valence-corrected chi connectivity index (χ0v) is 15.4. The summed E-state index contributed by atoms with van der Waals surface area (Å²) in [4.78, 5) is 0. The van der Waals surface area contributed by atoms with Gasteiger partial charge in [0.2, 0.25) is 5.75 Å². The molecule has 26 heavy (non-hydrogen) atoms. The maximum absolute atomic E-state index is 10.6. The van der Waals surface area contributed by atoms with Crippen molar-refractivity contribution in [2.75, 3.05) is 6.66 Å². The van der Waals surface area contributed by atoms with Gasteiger partial charge >= 0.3 is 0 Å². The molecule has 0 unspecified atom stereocenters. The SMILES string of the molecule is C[P+](Oc1c(O)ccc2ccccc12)(c1ccccc1)c1ccccc1. The van der Waals surface area contributed by atoms with Crippen LogP contribution in [0.15, 0.2) is 97.1 Å². The predicted molar refractivity (Wildman–Crippen MR) is 111 cm³/mol. The van der Waals surface area contributed by atoms with Gasteiger partial charge in [0.05, 0.1) is 6.66 Å². The maximum atomic E-state index is 10.6. The highest BCUT2D eigenvalue weighted by Gasteiger charge is 2.42. The van der Waals surface area contributed by atoms with Crippen LogP contribution in [0.5, 0.6) is 11.5 Å². The predicted octanol–water partition coefficient (Wildman–Crippen LogP) is 5.14. The highest BCUT2D eigenvalue weighted by molar-refractivity contribution is 7.85. The Morgan fingerprint density at radius 1 is 0.654 bits per heavy atom. The van der Waals surface area contributed by atoms with Gasteiger partial charge < -0.3 is 9.63 Å². The van der Waals surface area contributed by atoms with Crippen molar-refractivity contribution < 1.29 is 9.63 Å². The van der Waals surface area contributed by atoms with E-state index in [1.807, 2.05) is 66.7 Å². The minimum absolute atomic E-state index is 0.168. The molecule has 4 aromatic carbocycles. The lowest BCUT2D eigenvalue weighted by Gasteiger charge is -2.23. The Morgan fingerprint density at radius 2 is 1.19 bits per heavy atom. The molecule has 0 aliphatic heterocycles. The summed E-state index contributed by atoms with van der Waals surface area (Å²) in [6, 6.07) is 32.1. The molecule has 0 heterocycles. The molecule has 3 heteroatoms. The second-order valence-electron chi connectivity index (χ2n) is 6.32. The van der Waals surface area contributed by atoms with Crippen LogP contribution in [0, 0.1) is 0 Å². The fourth-order valence-corrected chi connectivity index (χ4v) is 5.74. The summed E-state index contributed by atoms with van der Waals surface area (Å²) >= 11 is 0. The number of benzene rings is 4. The highest BCUT2D eigenvalue weighted by Crippen LogP contribution is 2.56. The molecule has 0 aliphatic carbocycles. The van der Waals surface area contributed by atoms with Gasteiger partial charge in [0, 0.05) is 5.39 Å².